The summed E-state index contributed by atoms with van der Waals surface area (Å²) in [6.07, 6.45) is 3.38. The minimum absolute atomic E-state index is 0.0416. The lowest BCUT2D eigenvalue weighted by molar-refractivity contribution is 0.621. The van der Waals surface area contributed by atoms with Crippen LogP contribution in [0, 0.1) is 24.1 Å². The van der Waals surface area contributed by atoms with Crippen molar-refractivity contribution < 1.29 is 4.39 Å². The molecule has 1 N–H and O–H groups in total. The molecule has 2 rings (SSSR count). The fourth-order valence-electron chi connectivity index (χ4n) is 1.64. The van der Waals surface area contributed by atoms with Gasteiger partial charge in [-0.05, 0) is 52.2 Å². The van der Waals surface area contributed by atoms with Gasteiger partial charge in [-0.25, -0.2) is 9.49 Å². The first-order valence-electron chi connectivity index (χ1n) is 5.65. The number of nitriles is 1. The maximum absolute atomic E-state index is 13.1. The first kappa shape index (κ1) is 14.2. The molecule has 1 aromatic heterocycles. The van der Waals surface area contributed by atoms with Crippen LogP contribution >= 0.6 is 15.9 Å². The van der Waals surface area contributed by atoms with Crippen molar-refractivity contribution in [3.8, 4) is 6.07 Å². The third-order valence-corrected chi connectivity index (χ3v) is 3.36. The van der Waals surface area contributed by atoms with E-state index in [0.29, 0.717) is 15.7 Å². The zero-order valence-corrected chi connectivity index (χ0v) is 12.0. The van der Waals surface area contributed by atoms with Gasteiger partial charge in [-0.3, -0.25) is 4.79 Å². The van der Waals surface area contributed by atoms with Gasteiger partial charge in [0.1, 0.15) is 17.4 Å². The molecule has 1 aromatic carbocycles. The maximum Gasteiger partial charge on any atom is 0.282 e. The minimum Gasteiger partial charge on any atom is -0.267 e. The van der Waals surface area contributed by atoms with E-state index in [1.807, 2.05) is 6.07 Å². The van der Waals surface area contributed by atoms with Crippen LogP contribution in [0.15, 0.2) is 27.5 Å². The Hall–Kier alpha value is -2.26. The molecular formula is C14H9BrFN3O. The molecule has 1 heterocycles. The average molecular weight is 334 g/mol. The van der Waals surface area contributed by atoms with Crippen molar-refractivity contribution in [1.29, 1.82) is 5.26 Å². The van der Waals surface area contributed by atoms with Crippen LogP contribution in [0.4, 0.5) is 4.39 Å². The highest BCUT2D eigenvalue weighted by Gasteiger charge is 2.07. The molecule has 0 aliphatic carbocycles. The molecule has 0 aliphatic heterocycles. The maximum atomic E-state index is 13.1. The Morgan fingerprint density at radius 3 is 2.85 bits per heavy atom. The quantitative estimate of drug-likeness (QED) is 0.918. The Morgan fingerprint density at radius 2 is 2.20 bits per heavy atom. The van der Waals surface area contributed by atoms with Crippen LogP contribution < -0.4 is 5.56 Å². The van der Waals surface area contributed by atoms with Gasteiger partial charge < -0.3 is 0 Å². The zero-order chi connectivity index (χ0) is 14.7. The molecule has 2 aromatic rings. The molecule has 0 radical (unpaired) electrons. The third kappa shape index (κ3) is 2.83. The first-order chi connectivity index (χ1) is 9.52. The van der Waals surface area contributed by atoms with Gasteiger partial charge in [-0.2, -0.15) is 10.4 Å². The number of nitrogens with one attached hydrogen (secondary N) is 1. The summed E-state index contributed by atoms with van der Waals surface area (Å²) in [5.41, 5.74) is 1.30. The summed E-state index contributed by atoms with van der Waals surface area (Å²) in [5, 5.41) is 15.1. The van der Waals surface area contributed by atoms with Gasteiger partial charge in [0.05, 0.1) is 10.2 Å². The summed E-state index contributed by atoms with van der Waals surface area (Å²) >= 11 is 3.10. The van der Waals surface area contributed by atoms with Crippen LogP contribution in [0.5, 0.6) is 0 Å². The molecule has 0 unspecified atom stereocenters. The number of nitrogens with zero attached hydrogens (tertiary/aromatic N) is 2. The third-order valence-electron chi connectivity index (χ3n) is 2.75. The van der Waals surface area contributed by atoms with Crippen LogP contribution in [0.3, 0.4) is 0 Å². The summed E-state index contributed by atoms with van der Waals surface area (Å²) in [4.78, 5) is 11.4. The smallest absolute Gasteiger partial charge is 0.267 e. The van der Waals surface area contributed by atoms with E-state index in [0.717, 1.165) is 5.56 Å². The largest absolute Gasteiger partial charge is 0.282 e. The second-order valence-electron chi connectivity index (χ2n) is 4.06. The Kier molecular flexibility index (Phi) is 4.11. The lowest BCUT2D eigenvalue weighted by atomic mass is 10.1. The SMILES string of the molecule is Cc1c(/C=C/c2ccc(F)c(Br)c2)n[nH]c(=O)c1C#N. The van der Waals surface area contributed by atoms with Crippen LogP contribution in [-0.4, -0.2) is 10.2 Å². The molecule has 0 atom stereocenters. The predicted octanol–water partition coefficient (Wildman–Crippen LogP) is 3.02. The number of aromatic nitrogens is 2. The molecule has 6 heteroatoms. The summed E-state index contributed by atoms with van der Waals surface area (Å²) in [6.45, 7) is 1.65. The highest BCUT2D eigenvalue weighted by Crippen LogP contribution is 2.18. The molecule has 0 bridgehead atoms. The number of aromatic amines is 1. The van der Waals surface area contributed by atoms with Gasteiger partial charge in [0.2, 0.25) is 0 Å². The van der Waals surface area contributed by atoms with Gasteiger partial charge in [0, 0.05) is 0 Å². The molecule has 20 heavy (non-hydrogen) atoms. The van der Waals surface area contributed by atoms with E-state index in [9.17, 15) is 9.18 Å². The Morgan fingerprint density at radius 1 is 1.45 bits per heavy atom. The van der Waals surface area contributed by atoms with Crippen LogP contribution in [0.1, 0.15) is 22.4 Å². The molecule has 0 fully saturated rings. The lowest BCUT2D eigenvalue weighted by Crippen LogP contribution is -2.15. The summed E-state index contributed by atoms with van der Waals surface area (Å²) in [5.74, 6) is -0.340. The van der Waals surface area contributed by atoms with E-state index in [2.05, 4.69) is 26.1 Å². The minimum atomic E-state index is -0.508. The average Bonchev–Trinajstić information content (AvgIpc) is 2.42. The van der Waals surface area contributed by atoms with Gasteiger partial charge in [-0.1, -0.05) is 12.1 Å². The summed E-state index contributed by atoms with van der Waals surface area (Å²) < 4.78 is 13.5. The van der Waals surface area contributed by atoms with Crippen molar-refractivity contribution in [2.24, 2.45) is 0 Å². The number of H-pyrrole nitrogens is 1. The second kappa shape index (κ2) is 5.80. The van der Waals surface area contributed by atoms with Crippen molar-refractivity contribution in [3.05, 3.63) is 61.2 Å². The van der Waals surface area contributed by atoms with Crippen molar-refractivity contribution >= 4 is 28.1 Å². The molecule has 4 nitrogen and oxygen atoms in total. The monoisotopic (exact) mass is 333 g/mol. The highest BCUT2D eigenvalue weighted by molar-refractivity contribution is 9.10. The molecule has 0 aliphatic rings. The van der Waals surface area contributed by atoms with E-state index in [1.165, 1.54) is 6.07 Å². The number of halogens is 2. The van der Waals surface area contributed by atoms with Gasteiger partial charge in [0.15, 0.2) is 0 Å². The molecule has 0 amide bonds. The standard InChI is InChI=1S/C14H9BrFN3O/c1-8-10(7-17)14(20)19-18-13(8)5-3-9-2-4-12(16)11(15)6-9/h2-6H,1H3,(H,19,20)/b5-3+. The van der Waals surface area contributed by atoms with E-state index in [1.54, 1.807) is 31.2 Å². The summed E-state index contributed by atoms with van der Waals surface area (Å²) in [6, 6.07) is 6.43. The molecular weight excluding hydrogens is 325 g/mol. The number of hydrogen-bond acceptors (Lipinski definition) is 3. The second-order valence-corrected chi connectivity index (χ2v) is 4.91. The fourth-order valence-corrected chi connectivity index (χ4v) is 2.03. The number of benzene rings is 1. The van der Waals surface area contributed by atoms with Crippen LogP contribution in [0.2, 0.25) is 0 Å². The van der Waals surface area contributed by atoms with E-state index < -0.39 is 5.56 Å². The number of hydrogen-bond donors (Lipinski definition) is 1. The Bertz CT molecular complexity index is 790. The fraction of sp³-hybridized carbons (Fsp3) is 0.0714. The van der Waals surface area contributed by atoms with Crippen molar-refractivity contribution in [1.82, 2.24) is 10.2 Å². The predicted molar refractivity (Wildman–Crippen MR) is 77.3 cm³/mol. The topological polar surface area (TPSA) is 69.5 Å². The molecule has 0 spiro atoms. The van der Waals surface area contributed by atoms with E-state index in [4.69, 9.17) is 5.26 Å². The van der Waals surface area contributed by atoms with Gasteiger partial charge in [-0.15, -0.1) is 0 Å². The van der Waals surface area contributed by atoms with Crippen LogP contribution in [-0.2, 0) is 0 Å². The Balaban J connectivity index is 2.40. The molecule has 100 valence electrons. The van der Waals surface area contributed by atoms with Crippen molar-refractivity contribution in [2.45, 2.75) is 6.92 Å². The first-order valence-corrected chi connectivity index (χ1v) is 6.44. The van der Waals surface area contributed by atoms with Gasteiger partial charge in [0.25, 0.3) is 5.56 Å². The van der Waals surface area contributed by atoms with E-state index in [-0.39, 0.29) is 11.4 Å². The zero-order valence-electron chi connectivity index (χ0n) is 10.4. The lowest BCUT2D eigenvalue weighted by Gasteiger charge is -2.00. The molecule has 0 saturated carbocycles. The van der Waals surface area contributed by atoms with Gasteiger partial charge >= 0.3 is 0 Å². The van der Waals surface area contributed by atoms with Crippen molar-refractivity contribution in [3.63, 3.8) is 0 Å². The normalized spacial score (nSPS) is 10.7. The van der Waals surface area contributed by atoms with Crippen molar-refractivity contribution in [2.75, 3.05) is 0 Å². The Labute approximate surface area is 122 Å². The van der Waals surface area contributed by atoms with Crippen LogP contribution in [0.25, 0.3) is 12.2 Å². The number of rotatable bonds is 2. The molecule has 0 saturated heterocycles. The highest BCUT2D eigenvalue weighted by atomic mass is 79.9. The summed E-state index contributed by atoms with van der Waals surface area (Å²) in [7, 11) is 0. The van der Waals surface area contributed by atoms with E-state index >= 15 is 0 Å².